The van der Waals surface area contributed by atoms with Gasteiger partial charge in [-0.2, -0.15) is 5.01 Å². The van der Waals surface area contributed by atoms with Gasteiger partial charge in [-0.3, -0.25) is 9.41 Å². The van der Waals surface area contributed by atoms with E-state index in [4.69, 9.17) is 0 Å². The lowest BCUT2D eigenvalue weighted by Crippen LogP contribution is -2.53. The van der Waals surface area contributed by atoms with Crippen molar-refractivity contribution in [3.8, 4) is 0 Å². The maximum atomic E-state index is 9.94. The van der Waals surface area contributed by atoms with Gasteiger partial charge in [-0.1, -0.05) is 110 Å². The van der Waals surface area contributed by atoms with Crippen molar-refractivity contribution in [1.82, 2.24) is 10.0 Å². The van der Waals surface area contributed by atoms with Gasteiger partial charge < -0.3 is 10.2 Å². The van der Waals surface area contributed by atoms with E-state index in [1.165, 1.54) is 96.3 Å². The summed E-state index contributed by atoms with van der Waals surface area (Å²) in [5.74, 6) is 0. The van der Waals surface area contributed by atoms with Gasteiger partial charge in [0.15, 0.2) is 0 Å². The molecule has 0 radical (unpaired) electrons. The molecule has 0 heterocycles. The Balaban J connectivity index is -0.00000392. The first-order chi connectivity index (χ1) is 14.0. The van der Waals surface area contributed by atoms with Crippen molar-refractivity contribution in [1.29, 1.82) is 0 Å². The fraction of sp³-hybridized carbons (Fsp3) is 1.00. The van der Waals surface area contributed by atoms with Crippen LogP contribution in [0.5, 0.6) is 0 Å². The quantitative estimate of drug-likeness (QED) is 0.103. The van der Waals surface area contributed by atoms with E-state index in [-0.39, 0.29) is 9.41 Å². The third-order valence-electron chi connectivity index (χ3n) is 5.84. The zero-order valence-corrected chi connectivity index (χ0v) is 21.2. The van der Waals surface area contributed by atoms with Gasteiger partial charge in [-0.15, -0.1) is 0 Å². The number of hydrogen-bond acceptors (Lipinski definition) is 4. The van der Waals surface area contributed by atoms with Crippen molar-refractivity contribution in [3.63, 3.8) is 0 Å². The maximum Gasteiger partial charge on any atom is 0.120 e. The second-order valence-corrected chi connectivity index (χ2v) is 8.90. The topological polar surface area (TPSA) is 46.9 Å². The minimum absolute atomic E-state index is 0. The molecule has 0 aromatic heterocycles. The zero-order chi connectivity index (χ0) is 21.7. The predicted molar refractivity (Wildman–Crippen MR) is 132 cm³/mol. The number of aliphatic hydroxyl groups is 2. The Bertz CT molecular complexity index is 327. The van der Waals surface area contributed by atoms with E-state index in [1.807, 2.05) is 0 Å². The van der Waals surface area contributed by atoms with Crippen LogP contribution in [-0.2, 0) is 0 Å². The van der Waals surface area contributed by atoms with E-state index in [1.54, 1.807) is 18.9 Å². The van der Waals surface area contributed by atoms with Gasteiger partial charge in [0.1, 0.15) is 12.5 Å². The Hall–Kier alpha value is -0.300. The molecule has 0 aliphatic carbocycles. The van der Waals surface area contributed by atoms with E-state index < -0.39 is 12.5 Å². The van der Waals surface area contributed by atoms with Gasteiger partial charge >= 0.3 is 0 Å². The molecule has 0 amide bonds. The lowest BCUT2D eigenvalue weighted by Gasteiger charge is -2.38. The highest BCUT2D eigenvalue weighted by atomic mass is 19.0. The zero-order valence-electron chi connectivity index (χ0n) is 21.2. The molecule has 0 rings (SSSR count). The largest absolute Gasteiger partial charge is 0.377 e. The SMILES string of the molecule is CCCCCCCCCCCCCCCCCCN(CCC)N(C(C)O)C(C)O.F.F. The molecule has 0 spiro atoms. The summed E-state index contributed by atoms with van der Waals surface area (Å²) in [5, 5.41) is 23.7. The highest BCUT2D eigenvalue weighted by Gasteiger charge is 2.22. The molecule has 0 aromatic carbocycles. The highest BCUT2D eigenvalue weighted by Crippen LogP contribution is 2.15. The summed E-state index contributed by atoms with van der Waals surface area (Å²) in [7, 11) is 0. The first-order valence-corrected chi connectivity index (χ1v) is 12.9. The maximum absolute atomic E-state index is 9.94. The normalized spacial score (nSPS) is 13.2. The van der Waals surface area contributed by atoms with Crippen molar-refractivity contribution in [2.45, 2.75) is 149 Å². The lowest BCUT2D eigenvalue weighted by atomic mass is 10.0. The molecule has 6 heteroatoms. The van der Waals surface area contributed by atoms with Crippen LogP contribution in [0.25, 0.3) is 0 Å². The summed E-state index contributed by atoms with van der Waals surface area (Å²) in [6.07, 6.45) is 21.8. The van der Waals surface area contributed by atoms with Gasteiger partial charge in [0, 0.05) is 13.1 Å². The number of nitrogens with zero attached hydrogens (tertiary/aromatic N) is 2. The second-order valence-electron chi connectivity index (χ2n) is 8.90. The second kappa shape index (κ2) is 26.0. The fourth-order valence-corrected chi connectivity index (χ4v) is 4.23. The molecular weight excluding hydrogens is 398 g/mol. The average Bonchev–Trinajstić information content (AvgIpc) is 2.67. The summed E-state index contributed by atoms with van der Waals surface area (Å²) >= 11 is 0. The molecule has 0 saturated heterocycles. The van der Waals surface area contributed by atoms with Crippen LogP contribution >= 0.6 is 0 Å². The van der Waals surface area contributed by atoms with Crippen LogP contribution in [0.4, 0.5) is 9.41 Å². The number of halogens is 2. The molecule has 0 bridgehead atoms. The Labute approximate surface area is 192 Å². The van der Waals surface area contributed by atoms with Crippen LogP contribution in [0.15, 0.2) is 0 Å². The van der Waals surface area contributed by atoms with Crippen LogP contribution < -0.4 is 0 Å². The lowest BCUT2D eigenvalue weighted by molar-refractivity contribution is -0.206. The van der Waals surface area contributed by atoms with Crippen molar-refractivity contribution in [2.24, 2.45) is 0 Å². The molecule has 0 aliphatic rings. The minimum atomic E-state index is -0.650. The first-order valence-electron chi connectivity index (χ1n) is 12.9. The molecular formula is C25H56F2N2O2. The predicted octanol–water partition coefficient (Wildman–Crippen LogP) is 7.16. The molecule has 2 atom stereocenters. The van der Waals surface area contributed by atoms with Crippen LogP contribution in [0.1, 0.15) is 137 Å². The van der Waals surface area contributed by atoms with Crippen molar-refractivity contribution < 1.29 is 19.6 Å². The Morgan fingerprint density at radius 1 is 0.484 bits per heavy atom. The average molecular weight is 455 g/mol. The summed E-state index contributed by atoms with van der Waals surface area (Å²) in [6.45, 7) is 9.68. The Morgan fingerprint density at radius 3 is 1.10 bits per heavy atom. The monoisotopic (exact) mass is 454 g/mol. The van der Waals surface area contributed by atoms with E-state index in [0.717, 1.165) is 25.9 Å². The van der Waals surface area contributed by atoms with Crippen LogP contribution in [-0.4, -0.2) is 45.8 Å². The molecule has 2 unspecified atom stereocenters. The van der Waals surface area contributed by atoms with Gasteiger partial charge in [0.2, 0.25) is 0 Å². The van der Waals surface area contributed by atoms with E-state index in [9.17, 15) is 10.2 Å². The Kier molecular flexibility index (Phi) is 29.6. The van der Waals surface area contributed by atoms with E-state index in [2.05, 4.69) is 18.9 Å². The van der Waals surface area contributed by atoms with Gasteiger partial charge in [-0.25, -0.2) is 5.01 Å². The first kappa shape index (κ1) is 35.3. The number of unbranched alkanes of at least 4 members (excludes halogenated alkanes) is 15. The van der Waals surface area contributed by atoms with E-state index in [0.29, 0.717) is 0 Å². The standard InChI is InChI=1S/C25H54N2O2.2FH/c1-5-7-8-9-10-11-12-13-14-15-16-17-18-19-20-21-23-26(22-6-2)27(24(3)28)25(4)29;;/h24-25,28-29H,5-23H2,1-4H3;2*1H. The minimum Gasteiger partial charge on any atom is -0.377 e. The van der Waals surface area contributed by atoms with Gasteiger partial charge in [-0.05, 0) is 26.7 Å². The molecule has 0 fully saturated rings. The third kappa shape index (κ3) is 21.3. The summed E-state index contributed by atoms with van der Waals surface area (Å²) in [4.78, 5) is 0. The third-order valence-corrected chi connectivity index (χ3v) is 5.84. The van der Waals surface area contributed by atoms with Crippen molar-refractivity contribution in [3.05, 3.63) is 0 Å². The van der Waals surface area contributed by atoms with Crippen LogP contribution in [0, 0.1) is 0 Å². The molecule has 0 aromatic rings. The number of hydrogen-bond donors (Lipinski definition) is 2. The number of hydrazine groups is 1. The fourth-order valence-electron chi connectivity index (χ4n) is 4.23. The summed E-state index contributed by atoms with van der Waals surface area (Å²) < 4.78 is 0. The number of rotatable bonds is 22. The summed E-state index contributed by atoms with van der Waals surface area (Å²) in [6, 6.07) is 0. The number of aliphatic hydroxyl groups excluding tert-OH is 2. The molecule has 4 nitrogen and oxygen atoms in total. The molecule has 0 saturated carbocycles. The highest BCUT2D eigenvalue weighted by molar-refractivity contribution is 4.61. The van der Waals surface area contributed by atoms with E-state index >= 15 is 0 Å². The van der Waals surface area contributed by atoms with Crippen LogP contribution in [0.2, 0.25) is 0 Å². The van der Waals surface area contributed by atoms with Crippen molar-refractivity contribution in [2.75, 3.05) is 13.1 Å². The van der Waals surface area contributed by atoms with Gasteiger partial charge in [0.25, 0.3) is 0 Å². The van der Waals surface area contributed by atoms with Gasteiger partial charge in [0.05, 0.1) is 0 Å². The molecule has 2 N–H and O–H groups in total. The molecule has 0 aliphatic heterocycles. The smallest absolute Gasteiger partial charge is 0.120 e. The molecule has 192 valence electrons. The Morgan fingerprint density at radius 2 is 0.806 bits per heavy atom. The van der Waals surface area contributed by atoms with Crippen LogP contribution in [0.3, 0.4) is 0 Å². The molecule has 31 heavy (non-hydrogen) atoms. The summed E-state index contributed by atoms with van der Waals surface area (Å²) in [5.41, 5.74) is 0. The van der Waals surface area contributed by atoms with Crippen molar-refractivity contribution >= 4 is 0 Å².